The summed E-state index contributed by atoms with van der Waals surface area (Å²) in [6.07, 6.45) is 0. The van der Waals surface area contributed by atoms with E-state index in [1.165, 1.54) is 20.2 Å². The van der Waals surface area contributed by atoms with E-state index in [-0.39, 0.29) is 0 Å². The van der Waals surface area contributed by atoms with Gasteiger partial charge in [-0.1, -0.05) is 0 Å². The van der Waals surface area contributed by atoms with Gasteiger partial charge in [-0.2, -0.15) is 0 Å². The summed E-state index contributed by atoms with van der Waals surface area (Å²) in [5, 5.41) is 0. The van der Waals surface area contributed by atoms with Gasteiger partial charge in [0.05, 0.1) is 0 Å². The first-order valence-corrected chi connectivity index (χ1v) is 7.39. The summed E-state index contributed by atoms with van der Waals surface area (Å²) in [6, 6.07) is 17.4. The minimum absolute atomic E-state index is 0.382. The van der Waals surface area contributed by atoms with Crippen LogP contribution in [-0.4, -0.2) is 29.1 Å². The molecule has 88 valence electrons. The summed E-state index contributed by atoms with van der Waals surface area (Å²) < 4.78 is 2.88. The summed E-state index contributed by atoms with van der Waals surface area (Å²) in [4.78, 5) is 2.19. The average molecular weight is 290 g/mol. The van der Waals surface area contributed by atoms with E-state index >= 15 is 0 Å². The number of hydrogen-bond acceptors (Lipinski definition) is 1. The van der Waals surface area contributed by atoms with Crippen LogP contribution in [0.5, 0.6) is 0 Å². The number of anilines is 1. The van der Waals surface area contributed by atoms with E-state index < -0.39 is 0 Å². The third-order valence-corrected chi connectivity index (χ3v) is 4.78. The van der Waals surface area contributed by atoms with Gasteiger partial charge in [0, 0.05) is 0 Å². The normalized spacial score (nSPS) is 10.3. The van der Waals surface area contributed by atoms with Crippen LogP contribution in [0.1, 0.15) is 5.56 Å². The molecule has 2 heteroatoms. The Hall–Kier alpha value is -1.24. The van der Waals surface area contributed by atoms with E-state index in [1.807, 2.05) is 0 Å². The summed E-state index contributed by atoms with van der Waals surface area (Å²) in [5.41, 5.74) is 2.67. The third-order valence-electron chi connectivity index (χ3n) is 2.57. The topological polar surface area (TPSA) is 3.24 Å². The van der Waals surface area contributed by atoms with Crippen molar-refractivity contribution in [1.29, 1.82) is 0 Å². The average Bonchev–Trinajstić information content (AvgIpc) is 2.30. The van der Waals surface area contributed by atoms with Gasteiger partial charge in [0.1, 0.15) is 0 Å². The Kier molecular flexibility index (Phi) is 3.88. The zero-order chi connectivity index (χ0) is 12.3. The van der Waals surface area contributed by atoms with E-state index in [9.17, 15) is 0 Å². The van der Waals surface area contributed by atoms with Crippen molar-refractivity contribution in [3.63, 3.8) is 0 Å². The van der Waals surface area contributed by atoms with Gasteiger partial charge in [-0.3, -0.25) is 0 Å². The van der Waals surface area contributed by atoms with Crippen molar-refractivity contribution in [3.8, 4) is 0 Å². The van der Waals surface area contributed by atoms with E-state index in [4.69, 9.17) is 0 Å². The maximum absolute atomic E-state index is 2.31. The Labute approximate surface area is 110 Å². The maximum atomic E-state index is 2.31. The fourth-order valence-electron chi connectivity index (χ4n) is 1.69. The quantitative estimate of drug-likeness (QED) is 0.778. The van der Waals surface area contributed by atoms with Crippen LogP contribution in [0.2, 0.25) is 0 Å². The molecule has 0 heterocycles. The summed E-state index contributed by atoms with van der Waals surface area (Å²) >= 11 is 0.382. The standard InChI is InChI=1S/C15H17NSe/c1-12-9-10-14(16(2)3)15(11-12)17-13-7-5-4-6-8-13/h4-11H,1-3H3. The van der Waals surface area contributed by atoms with Crippen LogP contribution >= 0.6 is 0 Å². The molecule has 0 spiro atoms. The van der Waals surface area contributed by atoms with Crippen LogP contribution in [0.3, 0.4) is 0 Å². The zero-order valence-corrected chi connectivity index (χ0v) is 12.2. The Morgan fingerprint density at radius 1 is 0.941 bits per heavy atom. The van der Waals surface area contributed by atoms with Gasteiger partial charge in [0.25, 0.3) is 0 Å². The van der Waals surface area contributed by atoms with Gasteiger partial charge < -0.3 is 0 Å². The van der Waals surface area contributed by atoms with Crippen LogP contribution in [0.4, 0.5) is 5.69 Å². The second kappa shape index (κ2) is 5.39. The Balaban J connectivity index is 2.34. The molecule has 0 saturated heterocycles. The van der Waals surface area contributed by atoms with Crippen LogP contribution in [0, 0.1) is 6.92 Å². The predicted octanol–water partition coefficient (Wildman–Crippen LogP) is 1.72. The van der Waals surface area contributed by atoms with Crippen LogP contribution < -0.4 is 13.8 Å². The van der Waals surface area contributed by atoms with Crippen LogP contribution in [-0.2, 0) is 0 Å². The van der Waals surface area contributed by atoms with Crippen LogP contribution in [0.25, 0.3) is 0 Å². The van der Waals surface area contributed by atoms with E-state index in [2.05, 4.69) is 74.4 Å². The van der Waals surface area contributed by atoms with Crippen molar-refractivity contribution in [1.82, 2.24) is 0 Å². The molecule has 0 aliphatic rings. The van der Waals surface area contributed by atoms with Crippen molar-refractivity contribution < 1.29 is 0 Å². The first kappa shape index (κ1) is 12.2. The summed E-state index contributed by atoms with van der Waals surface area (Å²) in [5.74, 6) is 0. The fourth-order valence-corrected chi connectivity index (χ4v) is 4.09. The molecule has 0 aliphatic heterocycles. The molecule has 17 heavy (non-hydrogen) atoms. The third kappa shape index (κ3) is 3.12. The molecule has 2 aromatic carbocycles. The second-order valence-electron chi connectivity index (χ2n) is 4.28. The zero-order valence-electron chi connectivity index (χ0n) is 10.5. The molecule has 0 unspecified atom stereocenters. The van der Waals surface area contributed by atoms with E-state index in [0.29, 0.717) is 15.0 Å². The molecule has 0 amide bonds. The first-order valence-electron chi connectivity index (χ1n) is 5.67. The number of rotatable bonds is 3. The fraction of sp³-hybridized carbons (Fsp3) is 0.200. The van der Waals surface area contributed by atoms with Crippen molar-refractivity contribution >= 4 is 29.6 Å². The van der Waals surface area contributed by atoms with Gasteiger partial charge in [-0.05, 0) is 0 Å². The SMILES string of the molecule is Cc1ccc(N(C)C)c([Se]c2ccccc2)c1. The molecule has 0 saturated carbocycles. The van der Waals surface area contributed by atoms with Gasteiger partial charge in [0.2, 0.25) is 0 Å². The van der Waals surface area contributed by atoms with Crippen molar-refractivity contribution in [2.24, 2.45) is 0 Å². The second-order valence-corrected chi connectivity index (χ2v) is 6.62. The molecule has 0 bridgehead atoms. The molecule has 0 fully saturated rings. The molecular weight excluding hydrogens is 273 g/mol. The Morgan fingerprint density at radius 3 is 2.29 bits per heavy atom. The number of benzene rings is 2. The van der Waals surface area contributed by atoms with Gasteiger partial charge in [-0.15, -0.1) is 0 Å². The molecule has 2 rings (SSSR count). The molecule has 0 aromatic heterocycles. The predicted molar refractivity (Wildman–Crippen MR) is 77.0 cm³/mol. The number of nitrogens with zero attached hydrogens (tertiary/aromatic N) is 1. The van der Waals surface area contributed by atoms with Gasteiger partial charge >= 0.3 is 110 Å². The number of hydrogen-bond donors (Lipinski definition) is 0. The van der Waals surface area contributed by atoms with Crippen molar-refractivity contribution in [2.75, 3.05) is 19.0 Å². The number of aryl methyl sites for hydroxylation is 1. The molecule has 2 aromatic rings. The van der Waals surface area contributed by atoms with Crippen molar-refractivity contribution in [3.05, 3.63) is 54.1 Å². The van der Waals surface area contributed by atoms with Crippen molar-refractivity contribution in [2.45, 2.75) is 6.92 Å². The molecule has 0 atom stereocenters. The van der Waals surface area contributed by atoms with Gasteiger partial charge in [-0.25, -0.2) is 0 Å². The Bertz CT molecular complexity index is 492. The monoisotopic (exact) mass is 291 g/mol. The molecule has 0 aliphatic carbocycles. The van der Waals surface area contributed by atoms with E-state index in [0.717, 1.165) is 0 Å². The molecule has 1 nitrogen and oxygen atoms in total. The minimum atomic E-state index is 0.382. The summed E-state index contributed by atoms with van der Waals surface area (Å²) in [6.45, 7) is 2.16. The molecule has 0 N–H and O–H groups in total. The van der Waals surface area contributed by atoms with E-state index in [1.54, 1.807) is 0 Å². The Morgan fingerprint density at radius 2 is 1.65 bits per heavy atom. The molecular formula is C15H17NSe. The first-order chi connectivity index (χ1) is 8.16. The van der Waals surface area contributed by atoms with Gasteiger partial charge in [0.15, 0.2) is 0 Å². The molecule has 0 radical (unpaired) electrons. The summed E-state index contributed by atoms with van der Waals surface area (Å²) in [7, 11) is 4.21. The van der Waals surface area contributed by atoms with Crippen LogP contribution in [0.15, 0.2) is 48.5 Å².